The van der Waals surface area contributed by atoms with Crippen LogP contribution in [-0.2, 0) is 6.54 Å². The molecule has 0 bridgehead atoms. The van der Waals surface area contributed by atoms with Crippen LogP contribution in [0, 0.1) is 5.82 Å². The Hall–Kier alpha value is -3.09. The summed E-state index contributed by atoms with van der Waals surface area (Å²) in [5.41, 5.74) is 0.0139. The van der Waals surface area contributed by atoms with Crippen molar-refractivity contribution >= 4 is 5.97 Å². The summed E-state index contributed by atoms with van der Waals surface area (Å²) < 4.78 is 42.0. The van der Waals surface area contributed by atoms with Crippen molar-refractivity contribution in [2.45, 2.75) is 13.0 Å². The molecule has 0 aliphatic carbocycles. The average Bonchev–Trinajstić information content (AvgIpc) is 3.01. The maximum Gasteiger partial charge on any atom is 0.338 e. The molecular weight excluding hydrogens is 333 g/mol. The molecule has 128 valence electrons. The van der Waals surface area contributed by atoms with Crippen molar-refractivity contribution in [2.75, 3.05) is 0 Å². The third kappa shape index (κ3) is 3.40. The molecule has 0 amide bonds. The first-order chi connectivity index (χ1) is 12.0. The molecule has 2 aromatic carbocycles. The number of halogens is 3. The van der Waals surface area contributed by atoms with Gasteiger partial charge in [-0.2, -0.15) is 5.10 Å². The Morgan fingerprint density at radius 1 is 1.12 bits per heavy atom. The minimum Gasteiger partial charge on any atom is -0.478 e. The van der Waals surface area contributed by atoms with Gasteiger partial charge in [-0.05, 0) is 11.6 Å². The third-order valence-electron chi connectivity index (χ3n) is 3.72. The maximum atomic E-state index is 14.2. The first-order valence-corrected chi connectivity index (χ1v) is 7.39. The number of alkyl halides is 2. The lowest BCUT2D eigenvalue weighted by Gasteiger charge is -2.06. The zero-order valence-electron chi connectivity index (χ0n) is 12.9. The van der Waals surface area contributed by atoms with Gasteiger partial charge in [-0.3, -0.25) is 4.68 Å². The van der Waals surface area contributed by atoms with E-state index < -0.39 is 29.5 Å². The molecule has 0 aliphatic rings. The normalized spacial score (nSPS) is 11.0. The molecule has 0 aliphatic heterocycles. The fourth-order valence-electron chi connectivity index (χ4n) is 2.56. The highest BCUT2D eigenvalue weighted by molar-refractivity contribution is 5.88. The quantitative estimate of drug-likeness (QED) is 0.746. The molecule has 1 N–H and O–H groups in total. The Morgan fingerprint density at radius 2 is 1.84 bits per heavy atom. The lowest BCUT2D eigenvalue weighted by Crippen LogP contribution is -2.08. The van der Waals surface area contributed by atoms with Crippen LogP contribution in [0.2, 0.25) is 0 Å². The van der Waals surface area contributed by atoms with Gasteiger partial charge in [0.2, 0.25) is 0 Å². The average molecular weight is 346 g/mol. The van der Waals surface area contributed by atoms with Gasteiger partial charge in [-0.15, -0.1) is 0 Å². The van der Waals surface area contributed by atoms with E-state index >= 15 is 0 Å². The highest BCUT2D eigenvalue weighted by Gasteiger charge is 2.20. The van der Waals surface area contributed by atoms with E-state index in [1.807, 2.05) is 0 Å². The second-order valence-corrected chi connectivity index (χ2v) is 5.38. The Kier molecular flexibility index (Phi) is 4.56. The molecule has 3 aromatic rings. The number of benzene rings is 2. The van der Waals surface area contributed by atoms with Crippen LogP contribution < -0.4 is 0 Å². The summed E-state index contributed by atoms with van der Waals surface area (Å²) in [5, 5.41) is 12.8. The number of aromatic carboxylic acids is 1. The summed E-state index contributed by atoms with van der Waals surface area (Å²) in [6.07, 6.45) is -1.38. The van der Waals surface area contributed by atoms with Crippen LogP contribution in [-0.4, -0.2) is 20.9 Å². The van der Waals surface area contributed by atoms with Gasteiger partial charge in [0.25, 0.3) is 6.43 Å². The Bertz CT molecular complexity index is 908. The molecule has 25 heavy (non-hydrogen) atoms. The third-order valence-corrected chi connectivity index (χ3v) is 3.72. The van der Waals surface area contributed by atoms with E-state index in [0.717, 1.165) is 6.07 Å². The molecule has 1 aromatic heterocycles. The number of carbonyl (C=O) groups is 1. The van der Waals surface area contributed by atoms with Crippen LogP contribution in [0.25, 0.3) is 11.1 Å². The van der Waals surface area contributed by atoms with Gasteiger partial charge in [-0.1, -0.05) is 42.5 Å². The number of nitrogens with zero attached hydrogens (tertiary/aromatic N) is 2. The van der Waals surface area contributed by atoms with Crippen LogP contribution in [0.3, 0.4) is 0 Å². The summed E-state index contributed by atoms with van der Waals surface area (Å²) in [6.45, 7) is -0.153. The highest BCUT2D eigenvalue weighted by atomic mass is 19.3. The SMILES string of the molecule is O=C(O)c1cccc(Cn2cc(-c3ccccc3)c(C(F)F)n2)c1F. The van der Waals surface area contributed by atoms with Crippen molar-refractivity contribution in [1.82, 2.24) is 9.78 Å². The minimum atomic E-state index is -2.79. The second kappa shape index (κ2) is 6.80. The van der Waals surface area contributed by atoms with E-state index in [9.17, 15) is 18.0 Å². The molecule has 4 nitrogen and oxygen atoms in total. The first-order valence-electron chi connectivity index (χ1n) is 7.39. The molecule has 0 radical (unpaired) electrons. The first kappa shape index (κ1) is 16.8. The lowest BCUT2D eigenvalue weighted by atomic mass is 10.1. The summed E-state index contributed by atoms with van der Waals surface area (Å²) >= 11 is 0. The highest BCUT2D eigenvalue weighted by Crippen LogP contribution is 2.30. The van der Waals surface area contributed by atoms with Crippen molar-refractivity contribution in [3.05, 3.63) is 77.4 Å². The molecule has 0 saturated carbocycles. The number of hydrogen-bond acceptors (Lipinski definition) is 2. The fraction of sp³-hybridized carbons (Fsp3) is 0.111. The minimum absolute atomic E-state index is 0.0582. The van der Waals surface area contributed by atoms with Gasteiger partial charge in [0, 0.05) is 17.3 Å². The van der Waals surface area contributed by atoms with Crippen molar-refractivity contribution in [1.29, 1.82) is 0 Å². The monoisotopic (exact) mass is 346 g/mol. The number of aromatic nitrogens is 2. The Labute approximate surface area is 141 Å². The predicted octanol–water partition coefficient (Wildman–Crippen LogP) is 4.37. The van der Waals surface area contributed by atoms with E-state index in [-0.39, 0.29) is 17.7 Å². The molecule has 0 atom stereocenters. The van der Waals surface area contributed by atoms with Crippen LogP contribution >= 0.6 is 0 Å². The smallest absolute Gasteiger partial charge is 0.338 e. The molecule has 0 spiro atoms. The zero-order chi connectivity index (χ0) is 18.0. The molecule has 3 rings (SSSR count). The second-order valence-electron chi connectivity index (χ2n) is 5.38. The molecular formula is C18H13F3N2O2. The maximum absolute atomic E-state index is 14.2. The summed E-state index contributed by atoms with van der Waals surface area (Å²) in [7, 11) is 0. The van der Waals surface area contributed by atoms with E-state index in [2.05, 4.69) is 5.10 Å². The van der Waals surface area contributed by atoms with Gasteiger partial charge in [-0.25, -0.2) is 18.0 Å². The lowest BCUT2D eigenvalue weighted by molar-refractivity contribution is 0.0691. The fourth-order valence-corrected chi connectivity index (χ4v) is 2.56. The van der Waals surface area contributed by atoms with Crippen LogP contribution in [0.15, 0.2) is 54.7 Å². The summed E-state index contributed by atoms with van der Waals surface area (Å²) in [4.78, 5) is 11.0. The zero-order valence-corrected chi connectivity index (χ0v) is 12.9. The van der Waals surface area contributed by atoms with Crippen molar-refractivity contribution in [2.24, 2.45) is 0 Å². The van der Waals surface area contributed by atoms with Gasteiger partial charge < -0.3 is 5.11 Å². The van der Waals surface area contributed by atoms with Crippen LogP contribution in [0.5, 0.6) is 0 Å². The Balaban J connectivity index is 2.00. The van der Waals surface area contributed by atoms with Gasteiger partial charge >= 0.3 is 5.97 Å². The number of carboxylic acids is 1. The van der Waals surface area contributed by atoms with Crippen LogP contribution in [0.1, 0.15) is 28.0 Å². The number of hydrogen-bond donors (Lipinski definition) is 1. The van der Waals surface area contributed by atoms with Gasteiger partial charge in [0.15, 0.2) is 0 Å². The van der Waals surface area contributed by atoms with E-state index in [4.69, 9.17) is 5.11 Å². The molecule has 1 heterocycles. The molecule has 0 saturated heterocycles. The van der Waals surface area contributed by atoms with Crippen LogP contribution in [0.4, 0.5) is 13.2 Å². The molecule has 7 heteroatoms. The summed E-state index contributed by atoms with van der Waals surface area (Å²) in [5.74, 6) is -2.29. The van der Waals surface area contributed by atoms with E-state index in [0.29, 0.717) is 5.56 Å². The summed E-state index contributed by atoms with van der Waals surface area (Å²) in [6, 6.07) is 12.5. The van der Waals surface area contributed by atoms with Crippen molar-refractivity contribution in [3.63, 3.8) is 0 Å². The largest absolute Gasteiger partial charge is 0.478 e. The standard InChI is InChI=1S/C18H13F3N2O2/c19-15-12(7-4-8-13(15)18(24)25)9-23-10-14(16(22-23)17(20)21)11-5-2-1-3-6-11/h1-8,10,17H,9H2,(H,24,25). The predicted molar refractivity (Wildman–Crippen MR) is 85.1 cm³/mol. The van der Waals surface area contributed by atoms with E-state index in [1.165, 1.54) is 23.0 Å². The van der Waals surface area contributed by atoms with Gasteiger partial charge in [0.05, 0.1) is 12.1 Å². The van der Waals surface area contributed by atoms with E-state index in [1.54, 1.807) is 30.3 Å². The Morgan fingerprint density at radius 3 is 2.48 bits per heavy atom. The number of rotatable bonds is 5. The molecule has 0 unspecified atom stereocenters. The topological polar surface area (TPSA) is 55.1 Å². The molecule has 0 fully saturated rings. The van der Waals surface area contributed by atoms with Gasteiger partial charge in [0.1, 0.15) is 11.5 Å². The van der Waals surface area contributed by atoms with Crippen molar-refractivity contribution in [3.8, 4) is 11.1 Å². The number of carboxylic acid groups (broad SMARTS) is 1. The van der Waals surface area contributed by atoms with Crippen molar-refractivity contribution < 1.29 is 23.1 Å².